The average molecular weight is 391 g/mol. The van der Waals surface area contributed by atoms with E-state index in [2.05, 4.69) is 34.7 Å². The smallest absolute Gasteiger partial charge is 0.339 e. The topological polar surface area (TPSA) is 83.2 Å². The summed E-state index contributed by atoms with van der Waals surface area (Å²) >= 11 is 0. The lowest BCUT2D eigenvalue weighted by molar-refractivity contribution is 0.0599. The van der Waals surface area contributed by atoms with Gasteiger partial charge < -0.3 is 20.4 Å². The molecule has 0 bridgehead atoms. The van der Waals surface area contributed by atoms with Crippen molar-refractivity contribution in [2.45, 2.75) is 26.8 Å². The molecular weight excluding hydrogens is 366 g/mol. The summed E-state index contributed by atoms with van der Waals surface area (Å²) in [6.45, 7) is 5.56. The molecule has 0 saturated heterocycles. The van der Waals surface area contributed by atoms with Gasteiger partial charge in [0.05, 0.1) is 12.7 Å². The SMILES string of the molecule is COC(=O)c1c(C)[nH]c(C(=O)Nc2ccc(NC(C)c3ccccc3)cc2)c1C. The van der Waals surface area contributed by atoms with E-state index < -0.39 is 5.97 Å². The molecular formula is C23H25N3O3. The number of carbonyl (C=O) groups is 2. The molecule has 2 aromatic carbocycles. The van der Waals surface area contributed by atoms with Gasteiger partial charge in [0.2, 0.25) is 0 Å². The molecule has 3 N–H and O–H groups in total. The Balaban J connectivity index is 1.68. The third-order valence-corrected chi connectivity index (χ3v) is 4.88. The van der Waals surface area contributed by atoms with Gasteiger partial charge in [-0.25, -0.2) is 4.79 Å². The maximum Gasteiger partial charge on any atom is 0.339 e. The van der Waals surface area contributed by atoms with Gasteiger partial charge in [-0.05, 0) is 56.2 Å². The zero-order chi connectivity index (χ0) is 21.0. The van der Waals surface area contributed by atoms with Crippen LogP contribution in [0.1, 0.15) is 50.6 Å². The van der Waals surface area contributed by atoms with Crippen LogP contribution in [0.25, 0.3) is 0 Å². The normalized spacial score (nSPS) is 11.6. The van der Waals surface area contributed by atoms with Crippen LogP contribution in [0.15, 0.2) is 54.6 Å². The summed E-state index contributed by atoms with van der Waals surface area (Å²) in [5.74, 6) is -0.766. The number of ether oxygens (including phenoxy) is 1. The van der Waals surface area contributed by atoms with E-state index in [1.807, 2.05) is 42.5 Å². The summed E-state index contributed by atoms with van der Waals surface area (Å²) in [6, 6.07) is 17.9. The molecule has 0 spiro atoms. The number of carbonyl (C=O) groups excluding carboxylic acids is 2. The van der Waals surface area contributed by atoms with Gasteiger partial charge >= 0.3 is 5.97 Å². The number of methoxy groups -OCH3 is 1. The highest BCUT2D eigenvalue weighted by Gasteiger charge is 2.22. The Morgan fingerprint density at radius 2 is 1.59 bits per heavy atom. The molecule has 6 heteroatoms. The largest absolute Gasteiger partial charge is 0.465 e. The van der Waals surface area contributed by atoms with E-state index in [0.717, 1.165) is 5.69 Å². The second kappa shape index (κ2) is 8.65. The third kappa shape index (κ3) is 4.48. The Morgan fingerprint density at radius 1 is 0.966 bits per heavy atom. The van der Waals surface area contributed by atoms with Crippen LogP contribution < -0.4 is 10.6 Å². The van der Waals surface area contributed by atoms with Gasteiger partial charge in [0.25, 0.3) is 5.91 Å². The summed E-state index contributed by atoms with van der Waals surface area (Å²) in [5.41, 5.74) is 4.74. The molecule has 0 radical (unpaired) electrons. The second-order valence-electron chi connectivity index (χ2n) is 6.92. The van der Waals surface area contributed by atoms with Gasteiger partial charge in [-0.15, -0.1) is 0 Å². The van der Waals surface area contributed by atoms with Crippen molar-refractivity contribution in [1.82, 2.24) is 4.98 Å². The molecule has 1 aromatic heterocycles. The molecule has 0 aliphatic carbocycles. The number of esters is 1. The van der Waals surface area contributed by atoms with Gasteiger partial charge in [0, 0.05) is 23.1 Å². The number of rotatable bonds is 6. The predicted octanol–water partition coefficient (Wildman–Crippen LogP) is 4.84. The minimum atomic E-state index is -0.460. The van der Waals surface area contributed by atoms with Crippen LogP contribution in [0.4, 0.5) is 11.4 Å². The van der Waals surface area contributed by atoms with Crippen LogP contribution in [0.2, 0.25) is 0 Å². The average Bonchev–Trinajstić information content (AvgIpc) is 3.03. The van der Waals surface area contributed by atoms with Crippen molar-refractivity contribution < 1.29 is 14.3 Å². The fraction of sp³-hybridized carbons (Fsp3) is 0.217. The van der Waals surface area contributed by atoms with Crippen LogP contribution in [0.5, 0.6) is 0 Å². The highest BCUT2D eigenvalue weighted by molar-refractivity contribution is 6.06. The number of aryl methyl sites for hydroxylation is 1. The molecule has 1 atom stereocenters. The minimum absolute atomic E-state index is 0.165. The highest BCUT2D eigenvalue weighted by Crippen LogP contribution is 2.23. The zero-order valence-corrected chi connectivity index (χ0v) is 17.0. The van der Waals surface area contributed by atoms with Crippen molar-refractivity contribution in [3.05, 3.63) is 82.7 Å². The van der Waals surface area contributed by atoms with E-state index in [9.17, 15) is 9.59 Å². The molecule has 0 saturated carbocycles. The monoisotopic (exact) mass is 391 g/mol. The van der Waals surface area contributed by atoms with Crippen molar-refractivity contribution in [3.63, 3.8) is 0 Å². The summed E-state index contributed by atoms with van der Waals surface area (Å²) < 4.78 is 4.79. The molecule has 0 aliphatic rings. The lowest BCUT2D eigenvalue weighted by Gasteiger charge is -2.16. The van der Waals surface area contributed by atoms with Crippen molar-refractivity contribution >= 4 is 23.3 Å². The fourth-order valence-electron chi connectivity index (χ4n) is 3.30. The lowest BCUT2D eigenvalue weighted by Crippen LogP contribution is -2.14. The van der Waals surface area contributed by atoms with E-state index >= 15 is 0 Å². The van der Waals surface area contributed by atoms with Crippen LogP contribution in [-0.2, 0) is 4.74 Å². The molecule has 150 valence electrons. The van der Waals surface area contributed by atoms with Crippen LogP contribution in [0.3, 0.4) is 0 Å². The van der Waals surface area contributed by atoms with Crippen molar-refractivity contribution in [2.24, 2.45) is 0 Å². The maximum atomic E-state index is 12.6. The van der Waals surface area contributed by atoms with E-state index in [1.165, 1.54) is 12.7 Å². The van der Waals surface area contributed by atoms with Crippen molar-refractivity contribution in [1.29, 1.82) is 0 Å². The number of amides is 1. The van der Waals surface area contributed by atoms with E-state index in [-0.39, 0.29) is 11.9 Å². The number of H-pyrrole nitrogens is 1. The van der Waals surface area contributed by atoms with Gasteiger partial charge in [-0.2, -0.15) is 0 Å². The first-order valence-electron chi connectivity index (χ1n) is 9.41. The molecule has 6 nitrogen and oxygen atoms in total. The van der Waals surface area contributed by atoms with Gasteiger partial charge in [0.1, 0.15) is 5.69 Å². The summed E-state index contributed by atoms with van der Waals surface area (Å²) in [7, 11) is 1.32. The molecule has 1 heterocycles. The first kappa shape index (κ1) is 20.2. The number of aromatic nitrogens is 1. The Kier molecular flexibility index (Phi) is 6.02. The highest BCUT2D eigenvalue weighted by atomic mass is 16.5. The number of benzene rings is 2. The molecule has 29 heavy (non-hydrogen) atoms. The van der Waals surface area contributed by atoms with Gasteiger partial charge in [-0.1, -0.05) is 30.3 Å². The lowest BCUT2D eigenvalue weighted by atomic mass is 10.1. The minimum Gasteiger partial charge on any atom is -0.465 e. The first-order chi connectivity index (χ1) is 13.9. The maximum absolute atomic E-state index is 12.6. The van der Waals surface area contributed by atoms with Crippen LogP contribution in [0, 0.1) is 13.8 Å². The zero-order valence-electron chi connectivity index (χ0n) is 17.0. The van der Waals surface area contributed by atoms with Crippen molar-refractivity contribution in [2.75, 3.05) is 17.7 Å². The number of anilines is 2. The van der Waals surface area contributed by atoms with Gasteiger partial charge in [-0.3, -0.25) is 4.79 Å². The van der Waals surface area contributed by atoms with E-state index in [1.54, 1.807) is 13.8 Å². The van der Waals surface area contributed by atoms with Crippen molar-refractivity contribution in [3.8, 4) is 0 Å². The summed E-state index contributed by atoms with van der Waals surface area (Å²) in [4.78, 5) is 27.5. The first-order valence-corrected chi connectivity index (χ1v) is 9.41. The molecule has 1 amide bonds. The molecule has 3 rings (SSSR count). The van der Waals surface area contributed by atoms with E-state index in [4.69, 9.17) is 4.74 Å². The second-order valence-corrected chi connectivity index (χ2v) is 6.92. The fourth-order valence-corrected chi connectivity index (χ4v) is 3.30. The predicted molar refractivity (Wildman–Crippen MR) is 114 cm³/mol. The number of hydrogen-bond donors (Lipinski definition) is 3. The van der Waals surface area contributed by atoms with Crippen LogP contribution >= 0.6 is 0 Å². The number of nitrogens with one attached hydrogen (secondary N) is 3. The summed E-state index contributed by atoms with van der Waals surface area (Å²) in [6.07, 6.45) is 0. The number of hydrogen-bond acceptors (Lipinski definition) is 4. The Hall–Kier alpha value is -3.54. The molecule has 1 unspecified atom stereocenters. The number of aromatic amines is 1. The Bertz CT molecular complexity index is 1010. The quantitative estimate of drug-likeness (QED) is 0.525. The summed E-state index contributed by atoms with van der Waals surface area (Å²) in [5, 5.41) is 6.30. The molecule has 3 aromatic rings. The standard InChI is InChI=1S/C23H25N3O3/c1-14-20(23(28)29-4)16(3)25-21(14)22(27)26-19-12-10-18(11-13-19)24-15(2)17-8-6-5-7-9-17/h5-13,15,24-25H,1-4H3,(H,26,27). The van der Waals surface area contributed by atoms with Crippen LogP contribution in [-0.4, -0.2) is 24.0 Å². The molecule has 0 fully saturated rings. The Morgan fingerprint density at radius 3 is 2.21 bits per heavy atom. The van der Waals surface area contributed by atoms with Gasteiger partial charge in [0.15, 0.2) is 0 Å². The Labute approximate surface area is 170 Å². The third-order valence-electron chi connectivity index (χ3n) is 4.88. The van der Waals surface area contributed by atoms with E-state index in [0.29, 0.717) is 28.2 Å². The molecule has 0 aliphatic heterocycles.